The highest BCUT2D eigenvalue weighted by Gasteiger charge is 2.22. The monoisotopic (exact) mass is 494 g/mol. The predicted octanol–water partition coefficient (Wildman–Crippen LogP) is 2.95. The van der Waals surface area contributed by atoms with Crippen LogP contribution in [0.25, 0.3) is 11.4 Å². The van der Waals surface area contributed by atoms with Crippen LogP contribution in [0.15, 0.2) is 69.3 Å². The summed E-state index contributed by atoms with van der Waals surface area (Å²) >= 11 is 1.05. The van der Waals surface area contributed by atoms with Crippen LogP contribution in [0.4, 0.5) is 10.2 Å². The first-order chi connectivity index (χ1) is 16.9. The number of nitrogens with two attached hydrogens (primary N) is 1. The smallest absolute Gasteiger partial charge is 0.329 e. The quantitative estimate of drug-likeness (QED) is 0.270. The topological polar surface area (TPSA) is 129 Å². The molecule has 0 fully saturated rings. The van der Waals surface area contributed by atoms with Crippen LogP contribution in [0.1, 0.15) is 29.3 Å². The summed E-state index contributed by atoms with van der Waals surface area (Å²) in [6, 6.07) is 15.7. The second-order valence-corrected chi connectivity index (χ2v) is 8.68. The van der Waals surface area contributed by atoms with Gasteiger partial charge in [-0.25, -0.2) is 9.18 Å². The van der Waals surface area contributed by atoms with E-state index in [0.29, 0.717) is 23.9 Å². The van der Waals surface area contributed by atoms with Crippen molar-refractivity contribution in [2.45, 2.75) is 31.6 Å². The van der Waals surface area contributed by atoms with E-state index in [1.54, 1.807) is 22.8 Å². The number of anilines is 1. The van der Waals surface area contributed by atoms with E-state index < -0.39 is 22.8 Å². The molecule has 11 heteroatoms. The molecule has 0 atom stereocenters. The van der Waals surface area contributed by atoms with Crippen molar-refractivity contribution in [3.8, 4) is 11.4 Å². The van der Waals surface area contributed by atoms with E-state index in [4.69, 9.17) is 5.73 Å². The molecule has 3 N–H and O–H groups in total. The number of nitrogen functional groups attached to an aromatic ring is 1. The van der Waals surface area contributed by atoms with Gasteiger partial charge in [-0.15, -0.1) is 10.2 Å². The van der Waals surface area contributed by atoms with Gasteiger partial charge >= 0.3 is 5.69 Å². The van der Waals surface area contributed by atoms with Crippen LogP contribution >= 0.6 is 11.8 Å². The van der Waals surface area contributed by atoms with Crippen molar-refractivity contribution in [3.63, 3.8) is 0 Å². The Morgan fingerprint density at radius 2 is 1.77 bits per heavy atom. The highest BCUT2D eigenvalue weighted by Crippen LogP contribution is 2.27. The number of benzene rings is 2. The number of carbonyl (C=O) groups is 1. The van der Waals surface area contributed by atoms with Gasteiger partial charge in [0.2, 0.25) is 0 Å². The second-order valence-electron chi connectivity index (χ2n) is 7.74. The van der Waals surface area contributed by atoms with Crippen LogP contribution < -0.4 is 17.0 Å². The van der Waals surface area contributed by atoms with E-state index in [2.05, 4.69) is 15.2 Å². The van der Waals surface area contributed by atoms with Crippen molar-refractivity contribution in [2.24, 2.45) is 0 Å². The molecule has 35 heavy (non-hydrogen) atoms. The normalized spacial score (nSPS) is 11.0. The molecule has 4 rings (SSSR count). The number of rotatable bonds is 9. The number of hydrogen-bond donors (Lipinski definition) is 2. The molecular formula is C24H23FN6O3S. The summed E-state index contributed by atoms with van der Waals surface area (Å²) < 4.78 is 17.4. The SMILES string of the molecule is CCCn1c(N)c(C(=O)CSc2nnc(-c3ccccc3F)n2Cc2ccccc2)c(=O)[nH]c1=O. The van der Waals surface area contributed by atoms with Crippen molar-refractivity contribution >= 4 is 23.4 Å². The highest BCUT2D eigenvalue weighted by molar-refractivity contribution is 7.99. The Bertz CT molecular complexity index is 1480. The third-order valence-electron chi connectivity index (χ3n) is 5.31. The lowest BCUT2D eigenvalue weighted by molar-refractivity contribution is 0.102. The molecule has 0 bridgehead atoms. The summed E-state index contributed by atoms with van der Waals surface area (Å²) in [7, 11) is 0. The number of ketones is 1. The first-order valence-corrected chi connectivity index (χ1v) is 11.9. The summed E-state index contributed by atoms with van der Waals surface area (Å²) in [6.07, 6.45) is 0.597. The maximum Gasteiger partial charge on any atom is 0.329 e. The molecule has 0 saturated carbocycles. The lowest BCUT2D eigenvalue weighted by Crippen LogP contribution is -2.36. The number of nitrogens with one attached hydrogen (secondary N) is 1. The average molecular weight is 495 g/mol. The standard InChI is InChI=1S/C24H23FN6O3S/c1-2-12-30-20(26)19(22(33)27-23(30)34)18(32)14-35-24-29-28-21(16-10-6-7-11-17(16)25)31(24)13-15-8-4-3-5-9-15/h3-11H,2,12-14,26H2,1H3,(H,27,33,34). The molecule has 180 valence electrons. The third kappa shape index (κ3) is 5.09. The van der Waals surface area contributed by atoms with E-state index in [9.17, 15) is 18.8 Å². The van der Waals surface area contributed by atoms with Crippen LogP contribution in [0.2, 0.25) is 0 Å². The minimum Gasteiger partial charge on any atom is -0.384 e. The second kappa shape index (κ2) is 10.5. The fourth-order valence-corrected chi connectivity index (χ4v) is 4.46. The lowest BCUT2D eigenvalue weighted by Gasteiger charge is -2.12. The molecule has 9 nitrogen and oxygen atoms in total. The van der Waals surface area contributed by atoms with Gasteiger partial charge in [0, 0.05) is 6.54 Å². The molecule has 2 aromatic heterocycles. The Balaban J connectivity index is 1.67. The van der Waals surface area contributed by atoms with Crippen LogP contribution in [-0.2, 0) is 13.1 Å². The number of nitrogens with zero attached hydrogens (tertiary/aromatic N) is 4. The number of aromatic nitrogens is 5. The van der Waals surface area contributed by atoms with Crippen molar-refractivity contribution < 1.29 is 9.18 Å². The van der Waals surface area contributed by atoms with Crippen LogP contribution in [0, 0.1) is 5.82 Å². The third-order valence-corrected chi connectivity index (χ3v) is 6.28. The largest absolute Gasteiger partial charge is 0.384 e. The molecule has 0 aliphatic heterocycles. The minimum atomic E-state index is -0.830. The van der Waals surface area contributed by atoms with E-state index in [1.807, 2.05) is 37.3 Å². The number of H-pyrrole nitrogens is 1. The number of hydrogen-bond acceptors (Lipinski definition) is 7. The summed E-state index contributed by atoms with van der Waals surface area (Å²) in [6.45, 7) is 2.46. The molecule has 0 aliphatic rings. The van der Waals surface area contributed by atoms with Gasteiger partial charge in [0.15, 0.2) is 16.8 Å². The van der Waals surface area contributed by atoms with Crippen molar-refractivity contribution in [3.05, 3.63) is 92.4 Å². The van der Waals surface area contributed by atoms with Crippen molar-refractivity contribution in [1.82, 2.24) is 24.3 Å². The number of thioether (sulfide) groups is 1. The zero-order chi connectivity index (χ0) is 24.9. The average Bonchev–Trinajstić information content (AvgIpc) is 3.23. The summed E-state index contributed by atoms with van der Waals surface area (Å²) in [4.78, 5) is 39.5. The maximum atomic E-state index is 14.5. The van der Waals surface area contributed by atoms with Crippen molar-refractivity contribution in [1.29, 1.82) is 0 Å². The fraction of sp³-hybridized carbons (Fsp3) is 0.208. The van der Waals surface area contributed by atoms with Crippen LogP contribution in [-0.4, -0.2) is 35.9 Å². The van der Waals surface area contributed by atoms with Crippen LogP contribution in [0.5, 0.6) is 0 Å². The van der Waals surface area contributed by atoms with Gasteiger partial charge in [0.25, 0.3) is 5.56 Å². The Hall–Kier alpha value is -3.99. The van der Waals surface area contributed by atoms with E-state index >= 15 is 0 Å². The Labute approximate surface area is 203 Å². The number of Topliss-reactive ketones (excluding diaryl/α,β-unsaturated/α-hetero) is 1. The molecular weight excluding hydrogens is 471 g/mol. The molecule has 0 spiro atoms. The number of halogens is 1. The molecule has 4 aromatic rings. The van der Waals surface area contributed by atoms with Crippen molar-refractivity contribution in [2.75, 3.05) is 11.5 Å². The zero-order valence-electron chi connectivity index (χ0n) is 18.9. The predicted molar refractivity (Wildman–Crippen MR) is 132 cm³/mol. The maximum absolute atomic E-state index is 14.5. The summed E-state index contributed by atoms with van der Waals surface area (Å²) in [5.41, 5.74) is 5.47. The highest BCUT2D eigenvalue weighted by atomic mass is 32.2. The molecule has 0 amide bonds. The van der Waals surface area contributed by atoms with Gasteiger partial charge in [-0.1, -0.05) is 61.2 Å². The van der Waals surface area contributed by atoms with Gasteiger partial charge in [-0.05, 0) is 24.1 Å². The van der Waals surface area contributed by atoms with Gasteiger partial charge in [0.1, 0.15) is 17.2 Å². The van der Waals surface area contributed by atoms with Gasteiger partial charge in [-0.3, -0.25) is 23.7 Å². The molecule has 2 heterocycles. The lowest BCUT2D eigenvalue weighted by atomic mass is 10.2. The van der Waals surface area contributed by atoms with E-state index in [0.717, 1.165) is 17.3 Å². The Morgan fingerprint density at radius 3 is 2.49 bits per heavy atom. The first kappa shape index (κ1) is 24.1. The Morgan fingerprint density at radius 1 is 1.06 bits per heavy atom. The molecule has 2 aromatic carbocycles. The van der Waals surface area contributed by atoms with Gasteiger partial charge in [0.05, 0.1) is 17.9 Å². The summed E-state index contributed by atoms with van der Waals surface area (Å²) in [5.74, 6) is -1.03. The zero-order valence-corrected chi connectivity index (χ0v) is 19.7. The fourth-order valence-electron chi connectivity index (χ4n) is 3.65. The van der Waals surface area contributed by atoms with Gasteiger partial charge in [-0.2, -0.15) is 0 Å². The minimum absolute atomic E-state index is 0.163. The molecule has 0 saturated heterocycles. The van der Waals surface area contributed by atoms with Gasteiger partial charge < -0.3 is 5.73 Å². The van der Waals surface area contributed by atoms with Crippen LogP contribution in [0.3, 0.4) is 0 Å². The van der Waals surface area contributed by atoms with E-state index in [-0.39, 0.29) is 29.2 Å². The first-order valence-electron chi connectivity index (χ1n) is 10.9. The van der Waals surface area contributed by atoms with E-state index in [1.165, 1.54) is 10.6 Å². The molecule has 0 aliphatic carbocycles. The summed E-state index contributed by atoms with van der Waals surface area (Å²) in [5, 5.41) is 8.74. The molecule has 0 radical (unpaired) electrons. The number of carbonyl (C=O) groups excluding carboxylic acids is 1. The Kier molecular flexibility index (Phi) is 7.25. The number of aromatic amines is 1. The molecule has 0 unspecified atom stereocenters.